The number of ether oxygens (including phenoxy) is 1. The third-order valence-electron chi connectivity index (χ3n) is 5.82. The summed E-state index contributed by atoms with van der Waals surface area (Å²) in [4.78, 5) is 14.5. The molecule has 1 unspecified atom stereocenters. The zero-order chi connectivity index (χ0) is 18.5. The maximum Gasteiger partial charge on any atom is 0.222 e. The molecule has 2 aliphatic rings. The van der Waals surface area contributed by atoms with Gasteiger partial charge in [-0.25, -0.2) is 4.68 Å². The van der Waals surface area contributed by atoms with E-state index < -0.39 is 0 Å². The third-order valence-corrected chi connectivity index (χ3v) is 5.82. The molecule has 2 fully saturated rings. The summed E-state index contributed by atoms with van der Waals surface area (Å²) >= 11 is 0. The van der Waals surface area contributed by atoms with Crippen LogP contribution in [0.1, 0.15) is 56.7 Å². The number of likely N-dealkylation sites (tertiary alicyclic amines) is 1. The van der Waals surface area contributed by atoms with Crippen molar-refractivity contribution >= 4 is 5.91 Å². The Bertz CT molecular complexity index is 740. The molecule has 0 N–H and O–H groups in total. The van der Waals surface area contributed by atoms with E-state index in [4.69, 9.17) is 4.74 Å². The summed E-state index contributed by atoms with van der Waals surface area (Å²) in [7, 11) is 0. The Morgan fingerprint density at radius 1 is 1.15 bits per heavy atom. The fourth-order valence-electron chi connectivity index (χ4n) is 4.20. The Morgan fingerprint density at radius 3 is 2.78 bits per heavy atom. The van der Waals surface area contributed by atoms with Gasteiger partial charge in [0.15, 0.2) is 0 Å². The van der Waals surface area contributed by atoms with E-state index in [0.717, 1.165) is 43.3 Å². The standard InChI is InChI=1S/C21H28N4O2/c26-21(11-10-17-6-4-5-7-17)24-13-12-19(15-24)25-14-18(22-23-25)16-27-20-8-2-1-3-9-20/h1-3,8-9,14,17,19H,4-7,10-13,15-16H2. The van der Waals surface area contributed by atoms with E-state index in [2.05, 4.69) is 10.3 Å². The molecule has 4 rings (SSSR count). The van der Waals surface area contributed by atoms with Crippen molar-refractivity contribution in [3.63, 3.8) is 0 Å². The Balaban J connectivity index is 1.25. The molecule has 1 aromatic carbocycles. The largest absolute Gasteiger partial charge is 0.487 e. The predicted molar refractivity (Wildman–Crippen MR) is 102 cm³/mol. The van der Waals surface area contributed by atoms with Crippen molar-refractivity contribution in [1.29, 1.82) is 0 Å². The molecule has 1 saturated carbocycles. The summed E-state index contributed by atoms with van der Waals surface area (Å²) in [6.45, 7) is 1.97. The zero-order valence-corrected chi connectivity index (χ0v) is 15.8. The minimum Gasteiger partial charge on any atom is -0.487 e. The molecule has 2 aromatic rings. The molecule has 1 amide bonds. The van der Waals surface area contributed by atoms with Crippen molar-refractivity contribution in [3.8, 4) is 5.75 Å². The van der Waals surface area contributed by atoms with Gasteiger partial charge in [0.25, 0.3) is 0 Å². The van der Waals surface area contributed by atoms with E-state index in [1.807, 2.05) is 46.1 Å². The second kappa shape index (κ2) is 8.55. The van der Waals surface area contributed by atoms with Crippen LogP contribution in [0.3, 0.4) is 0 Å². The highest BCUT2D eigenvalue weighted by atomic mass is 16.5. The van der Waals surface area contributed by atoms with Gasteiger partial charge in [-0.05, 0) is 30.9 Å². The van der Waals surface area contributed by atoms with Crippen molar-refractivity contribution in [2.75, 3.05) is 13.1 Å². The molecule has 2 heterocycles. The van der Waals surface area contributed by atoms with Crippen molar-refractivity contribution in [3.05, 3.63) is 42.2 Å². The lowest BCUT2D eigenvalue weighted by Gasteiger charge is -2.17. The van der Waals surface area contributed by atoms with Gasteiger partial charge in [0.2, 0.25) is 5.91 Å². The summed E-state index contributed by atoms with van der Waals surface area (Å²) in [5, 5.41) is 8.48. The highest BCUT2D eigenvalue weighted by molar-refractivity contribution is 5.76. The van der Waals surface area contributed by atoms with E-state index in [1.54, 1.807) is 0 Å². The van der Waals surface area contributed by atoms with Gasteiger partial charge in [-0.3, -0.25) is 4.79 Å². The van der Waals surface area contributed by atoms with Crippen molar-refractivity contribution in [2.45, 2.75) is 57.6 Å². The molecule has 0 spiro atoms. The van der Waals surface area contributed by atoms with Gasteiger partial charge in [0, 0.05) is 19.5 Å². The first kappa shape index (κ1) is 18.0. The SMILES string of the molecule is O=C(CCC1CCCC1)N1CCC(n2cc(COc3ccccc3)nn2)C1. The highest BCUT2D eigenvalue weighted by Crippen LogP contribution is 2.29. The first-order valence-electron chi connectivity index (χ1n) is 10.1. The van der Waals surface area contributed by atoms with Gasteiger partial charge >= 0.3 is 0 Å². The Hall–Kier alpha value is -2.37. The number of carbonyl (C=O) groups is 1. The highest BCUT2D eigenvalue weighted by Gasteiger charge is 2.28. The second-order valence-electron chi connectivity index (χ2n) is 7.76. The third kappa shape index (κ3) is 4.67. The number of aromatic nitrogens is 3. The zero-order valence-electron chi connectivity index (χ0n) is 15.8. The van der Waals surface area contributed by atoms with E-state index in [0.29, 0.717) is 18.9 Å². The fraction of sp³-hybridized carbons (Fsp3) is 0.571. The molecule has 0 radical (unpaired) electrons. The smallest absolute Gasteiger partial charge is 0.222 e. The lowest BCUT2D eigenvalue weighted by atomic mass is 10.0. The molecule has 1 aromatic heterocycles. The first-order chi connectivity index (χ1) is 13.3. The molecule has 27 heavy (non-hydrogen) atoms. The van der Waals surface area contributed by atoms with Gasteiger partial charge < -0.3 is 9.64 Å². The normalized spacial score (nSPS) is 20.3. The lowest BCUT2D eigenvalue weighted by Crippen LogP contribution is -2.29. The topological polar surface area (TPSA) is 60.2 Å². The van der Waals surface area contributed by atoms with Crippen molar-refractivity contribution in [1.82, 2.24) is 19.9 Å². The lowest BCUT2D eigenvalue weighted by molar-refractivity contribution is -0.130. The van der Waals surface area contributed by atoms with Crippen molar-refractivity contribution in [2.24, 2.45) is 5.92 Å². The van der Waals surface area contributed by atoms with E-state index in [1.165, 1.54) is 25.7 Å². The van der Waals surface area contributed by atoms with Crippen LogP contribution in [0.15, 0.2) is 36.5 Å². The monoisotopic (exact) mass is 368 g/mol. The van der Waals surface area contributed by atoms with Gasteiger partial charge in [-0.2, -0.15) is 0 Å². The average Bonchev–Trinajstić information content (AvgIpc) is 3.46. The second-order valence-corrected chi connectivity index (χ2v) is 7.76. The summed E-state index contributed by atoms with van der Waals surface area (Å²) in [6, 6.07) is 9.93. The Labute approximate surface area is 160 Å². The summed E-state index contributed by atoms with van der Waals surface area (Å²) in [6.07, 6.45) is 9.94. The molecule has 1 aliphatic carbocycles. The molecule has 1 atom stereocenters. The summed E-state index contributed by atoms with van der Waals surface area (Å²) < 4.78 is 7.62. The number of hydrogen-bond acceptors (Lipinski definition) is 4. The summed E-state index contributed by atoms with van der Waals surface area (Å²) in [5.74, 6) is 1.90. The van der Waals surface area contributed by atoms with Crippen LogP contribution < -0.4 is 4.74 Å². The summed E-state index contributed by atoms with van der Waals surface area (Å²) in [5.41, 5.74) is 0.810. The number of amides is 1. The molecular weight excluding hydrogens is 340 g/mol. The molecule has 1 saturated heterocycles. The van der Waals surface area contributed by atoms with E-state index in [9.17, 15) is 4.79 Å². The molecule has 144 valence electrons. The predicted octanol–water partition coefficient (Wildman–Crippen LogP) is 3.60. The Morgan fingerprint density at radius 2 is 1.96 bits per heavy atom. The molecule has 0 bridgehead atoms. The van der Waals surface area contributed by atoms with Crippen LogP contribution in [0, 0.1) is 5.92 Å². The van der Waals surface area contributed by atoms with Crippen LogP contribution in [0.5, 0.6) is 5.75 Å². The number of nitrogens with zero attached hydrogens (tertiary/aromatic N) is 4. The maximum absolute atomic E-state index is 12.5. The van der Waals surface area contributed by atoms with Crippen LogP contribution in [0.4, 0.5) is 0 Å². The molecule has 6 nitrogen and oxygen atoms in total. The Kier molecular flexibility index (Phi) is 5.70. The van der Waals surface area contributed by atoms with E-state index >= 15 is 0 Å². The number of hydrogen-bond donors (Lipinski definition) is 0. The first-order valence-corrected chi connectivity index (χ1v) is 10.1. The van der Waals surface area contributed by atoms with Gasteiger partial charge in [0.1, 0.15) is 18.1 Å². The van der Waals surface area contributed by atoms with Crippen LogP contribution in [-0.4, -0.2) is 38.9 Å². The van der Waals surface area contributed by atoms with Crippen LogP contribution >= 0.6 is 0 Å². The quantitative estimate of drug-likeness (QED) is 0.749. The number of rotatable bonds is 7. The van der Waals surface area contributed by atoms with E-state index in [-0.39, 0.29) is 6.04 Å². The molecule has 1 aliphatic heterocycles. The number of para-hydroxylation sites is 1. The van der Waals surface area contributed by atoms with Gasteiger partial charge in [-0.1, -0.05) is 49.1 Å². The van der Waals surface area contributed by atoms with Crippen LogP contribution in [-0.2, 0) is 11.4 Å². The van der Waals surface area contributed by atoms with Crippen LogP contribution in [0.25, 0.3) is 0 Å². The fourth-order valence-corrected chi connectivity index (χ4v) is 4.20. The maximum atomic E-state index is 12.5. The van der Waals surface area contributed by atoms with Crippen LogP contribution in [0.2, 0.25) is 0 Å². The number of carbonyl (C=O) groups excluding carboxylic acids is 1. The minimum absolute atomic E-state index is 0.221. The van der Waals surface area contributed by atoms with Crippen molar-refractivity contribution < 1.29 is 9.53 Å². The molecule has 6 heteroatoms. The minimum atomic E-state index is 0.221. The van der Waals surface area contributed by atoms with Gasteiger partial charge in [0.05, 0.1) is 12.2 Å². The average molecular weight is 368 g/mol. The van der Waals surface area contributed by atoms with Gasteiger partial charge in [-0.15, -0.1) is 5.10 Å². The molecular formula is C21H28N4O2. The number of benzene rings is 1.